The second-order valence-electron chi connectivity index (χ2n) is 5.62. The summed E-state index contributed by atoms with van der Waals surface area (Å²) in [4.78, 5) is 34.3. The van der Waals surface area contributed by atoms with Gasteiger partial charge in [0, 0.05) is 16.9 Å². The Labute approximate surface area is 156 Å². The van der Waals surface area contributed by atoms with Crippen molar-refractivity contribution < 1.29 is 19.1 Å². The summed E-state index contributed by atoms with van der Waals surface area (Å²) in [6, 6.07) is 9.50. The molecule has 3 rings (SSSR count). The molecule has 2 heterocycles. The topological polar surface area (TPSA) is 78.4 Å². The van der Waals surface area contributed by atoms with Crippen molar-refractivity contribution in [3.05, 3.63) is 41.6 Å². The summed E-state index contributed by atoms with van der Waals surface area (Å²) in [6.45, 7) is 3.77. The molecule has 0 unspecified atom stereocenters. The highest BCUT2D eigenvalue weighted by Crippen LogP contribution is 2.36. The van der Waals surface area contributed by atoms with Gasteiger partial charge in [-0.1, -0.05) is 30.3 Å². The van der Waals surface area contributed by atoms with Gasteiger partial charge in [0.15, 0.2) is 11.7 Å². The molecule has 6 nitrogen and oxygen atoms in total. The summed E-state index contributed by atoms with van der Waals surface area (Å²) < 4.78 is 10.2. The molecule has 0 atom stereocenters. The summed E-state index contributed by atoms with van der Waals surface area (Å²) >= 11 is 1.60. The van der Waals surface area contributed by atoms with Crippen molar-refractivity contribution in [1.29, 1.82) is 0 Å². The Balaban J connectivity index is 2.12. The third-order valence-electron chi connectivity index (χ3n) is 3.94. The van der Waals surface area contributed by atoms with Gasteiger partial charge in [0.25, 0.3) is 0 Å². The van der Waals surface area contributed by atoms with Crippen LogP contribution < -0.4 is 0 Å². The normalized spacial score (nSPS) is 12.7. The molecule has 0 radical (unpaired) electrons. The van der Waals surface area contributed by atoms with Crippen LogP contribution in [-0.2, 0) is 25.5 Å². The molecule has 26 heavy (non-hydrogen) atoms. The highest BCUT2D eigenvalue weighted by atomic mass is 32.2. The van der Waals surface area contributed by atoms with Crippen LogP contribution in [0, 0.1) is 0 Å². The number of aromatic nitrogens is 2. The fraction of sp³-hybridized carbons (Fsp3) is 0.368. The van der Waals surface area contributed by atoms with Crippen LogP contribution in [0.3, 0.4) is 0 Å². The molecule has 0 saturated heterocycles. The van der Waals surface area contributed by atoms with E-state index in [0.29, 0.717) is 17.9 Å². The van der Waals surface area contributed by atoms with Gasteiger partial charge in [-0.25, -0.2) is 9.97 Å². The molecule has 1 aliphatic rings. The molecule has 0 N–H and O–H groups in total. The van der Waals surface area contributed by atoms with E-state index in [0.717, 1.165) is 21.9 Å². The van der Waals surface area contributed by atoms with Gasteiger partial charge >= 0.3 is 11.9 Å². The van der Waals surface area contributed by atoms with E-state index in [9.17, 15) is 9.59 Å². The standard InChI is InChI=1S/C19H20N2O4S/c1-3-24-18(22)14(19(23)25-4-2)15-13-10-11-26-17(13)21-16(20-15)12-8-6-5-7-9-12/h5-9,14H,3-4,10-11H2,1-2H3. The number of carbonyl (C=O) groups excluding carboxylic acids is 2. The van der Waals surface area contributed by atoms with Gasteiger partial charge in [-0.3, -0.25) is 9.59 Å². The zero-order chi connectivity index (χ0) is 18.5. The predicted octanol–water partition coefficient (Wildman–Crippen LogP) is 3.00. The minimum atomic E-state index is -1.19. The maximum Gasteiger partial charge on any atom is 0.326 e. The first-order chi connectivity index (χ1) is 12.7. The highest BCUT2D eigenvalue weighted by molar-refractivity contribution is 7.99. The second kappa shape index (κ2) is 8.31. The summed E-state index contributed by atoms with van der Waals surface area (Å²) in [5.41, 5.74) is 2.06. The first-order valence-electron chi connectivity index (χ1n) is 8.58. The third kappa shape index (κ3) is 3.72. The molecule has 0 saturated carbocycles. The highest BCUT2D eigenvalue weighted by Gasteiger charge is 2.37. The first kappa shape index (κ1) is 18.4. The molecule has 0 aliphatic carbocycles. The second-order valence-corrected chi connectivity index (χ2v) is 6.70. The number of ether oxygens (including phenoxy) is 2. The maximum absolute atomic E-state index is 12.5. The van der Waals surface area contributed by atoms with Crippen LogP contribution in [0.1, 0.15) is 31.0 Å². The van der Waals surface area contributed by atoms with Gasteiger partial charge in [0.05, 0.1) is 18.9 Å². The Morgan fingerprint density at radius 1 is 1.08 bits per heavy atom. The average molecular weight is 372 g/mol. The fourth-order valence-electron chi connectivity index (χ4n) is 2.81. The number of nitrogens with zero attached hydrogens (tertiary/aromatic N) is 2. The van der Waals surface area contributed by atoms with Crippen LogP contribution >= 0.6 is 11.8 Å². The average Bonchev–Trinajstić information content (AvgIpc) is 3.12. The van der Waals surface area contributed by atoms with Crippen molar-refractivity contribution in [2.45, 2.75) is 31.2 Å². The Hall–Kier alpha value is -2.41. The number of hydrogen-bond donors (Lipinski definition) is 0. The number of fused-ring (bicyclic) bond motifs is 1. The molecular formula is C19H20N2O4S. The molecule has 1 aliphatic heterocycles. The van der Waals surface area contributed by atoms with Crippen LogP contribution in [0.25, 0.3) is 11.4 Å². The van der Waals surface area contributed by atoms with Crippen molar-refractivity contribution >= 4 is 23.7 Å². The summed E-state index contributed by atoms with van der Waals surface area (Å²) in [7, 11) is 0. The van der Waals surface area contributed by atoms with E-state index in [4.69, 9.17) is 9.47 Å². The minimum absolute atomic E-state index is 0.183. The molecule has 7 heteroatoms. The van der Waals surface area contributed by atoms with E-state index in [2.05, 4.69) is 9.97 Å². The maximum atomic E-state index is 12.5. The summed E-state index contributed by atoms with van der Waals surface area (Å²) in [6.07, 6.45) is 0.708. The molecule has 1 aromatic carbocycles. The quantitative estimate of drug-likeness (QED) is 0.438. The van der Waals surface area contributed by atoms with Gasteiger partial charge in [-0.05, 0) is 20.3 Å². The predicted molar refractivity (Wildman–Crippen MR) is 97.9 cm³/mol. The minimum Gasteiger partial charge on any atom is -0.465 e. The lowest BCUT2D eigenvalue weighted by molar-refractivity contribution is -0.157. The molecule has 0 amide bonds. The van der Waals surface area contributed by atoms with E-state index < -0.39 is 17.9 Å². The smallest absolute Gasteiger partial charge is 0.326 e. The third-order valence-corrected chi connectivity index (χ3v) is 4.96. The number of esters is 2. The molecule has 136 valence electrons. The van der Waals surface area contributed by atoms with Crippen LogP contribution in [0.2, 0.25) is 0 Å². The number of thioether (sulfide) groups is 1. The number of carbonyl (C=O) groups is 2. The number of benzene rings is 1. The SMILES string of the molecule is CCOC(=O)C(C(=O)OCC)c1nc(-c2ccccc2)nc2c1CCS2. The van der Waals surface area contributed by atoms with Crippen LogP contribution in [0.5, 0.6) is 0 Å². The van der Waals surface area contributed by atoms with Crippen molar-refractivity contribution in [1.82, 2.24) is 9.97 Å². The number of hydrogen-bond acceptors (Lipinski definition) is 7. The van der Waals surface area contributed by atoms with Crippen LogP contribution in [0.4, 0.5) is 0 Å². The van der Waals surface area contributed by atoms with Gasteiger partial charge in [-0.15, -0.1) is 11.8 Å². The fourth-order valence-corrected chi connectivity index (χ4v) is 3.84. The van der Waals surface area contributed by atoms with Gasteiger partial charge < -0.3 is 9.47 Å². The molecule has 0 fully saturated rings. The van der Waals surface area contributed by atoms with Gasteiger partial charge in [-0.2, -0.15) is 0 Å². The van der Waals surface area contributed by atoms with E-state index in [1.807, 2.05) is 30.3 Å². The Morgan fingerprint density at radius 2 is 1.73 bits per heavy atom. The molecule has 1 aromatic heterocycles. The lowest BCUT2D eigenvalue weighted by Crippen LogP contribution is -2.28. The lowest BCUT2D eigenvalue weighted by Gasteiger charge is -2.17. The molecule has 0 spiro atoms. The van der Waals surface area contributed by atoms with E-state index in [1.54, 1.807) is 25.6 Å². The van der Waals surface area contributed by atoms with Crippen molar-refractivity contribution in [3.63, 3.8) is 0 Å². The molecule has 2 aromatic rings. The Kier molecular flexibility index (Phi) is 5.88. The van der Waals surface area contributed by atoms with Crippen molar-refractivity contribution in [2.75, 3.05) is 19.0 Å². The van der Waals surface area contributed by atoms with Gasteiger partial charge in [0.2, 0.25) is 0 Å². The van der Waals surface area contributed by atoms with Crippen LogP contribution in [0.15, 0.2) is 35.4 Å². The molecule has 0 bridgehead atoms. The monoisotopic (exact) mass is 372 g/mol. The van der Waals surface area contributed by atoms with Crippen molar-refractivity contribution in [3.8, 4) is 11.4 Å². The largest absolute Gasteiger partial charge is 0.465 e. The van der Waals surface area contributed by atoms with E-state index in [1.165, 1.54) is 0 Å². The summed E-state index contributed by atoms with van der Waals surface area (Å²) in [5.74, 6) is -1.13. The van der Waals surface area contributed by atoms with E-state index in [-0.39, 0.29) is 13.2 Å². The van der Waals surface area contributed by atoms with Crippen LogP contribution in [-0.4, -0.2) is 40.9 Å². The first-order valence-corrected chi connectivity index (χ1v) is 9.56. The zero-order valence-electron chi connectivity index (χ0n) is 14.7. The zero-order valence-corrected chi connectivity index (χ0v) is 15.5. The van der Waals surface area contributed by atoms with E-state index >= 15 is 0 Å². The lowest BCUT2D eigenvalue weighted by atomic mass is 9.99. The Bertz CT molecular complexity index is 793. The molecular weight excluding hydrogens is 352 g/mol. The Morgan fingerprint density at radius 3 is 2.35 bits per heavy atom. The number of rotatable bonds is 6. The van der Waals surface area contributed by atoms with Gasteiger partial charge in [0.1, 0.15) is 5.03 Å². The van der Waals surface area contributed by atoms with Crippen molar-refractivity contribution in [2.24, 2.45) is 0 Å². The summed E-state index contributed by atoms with van der Waals surface area (Å²) in [5, 5.41) is 0.812.